The summed E-state index contributed by atoms with van der Waals surface area (Å²) in [7, 11) is -2.62. The van der Waals surface area contributed by atoms with Crippen LogP contribution < -0.4 is 14.4 Å². The molecule has 0 aliphatic carbocycles. The highest BCUT2D eigenvalue weighted by Crippen LogP contribution is 2.29. The van der Waals surface area contributed by atoms with Crippen LogP contribution in [0.3, 0.4) is 0 Å². The van der Waals surface area contributed by atoms with Crippen molar-refractivity contribution >= 4 is 27.5 Å². The van der Waals surface area contributed by atoms with Gasteiger partial charge in [0.1, 0.15) is 18.3 Å². The van der Waals surface area contributed by atoms with E-state index in [1.807, 2.05) is 89.2 Å². The third-order valence-electron chi connectivity index (χ3n) is 7.92. The number of rotatable bonds is 13. The number of ether oxygens (including phenoxy) is 1. The average Bonchev–Trinajstić information content (AvgIpc) is 3.03. The molecule has 0 fully saturated rings. The summed E-state index contributed by atoms with van der Waals surface area (Å²) < 4.78 is 35.2. The van der Waals surface area contributed by atoms with Crippen LogP contribution in [0.15, 0.2) is 102 Å². The molecule has 242 valence electrons. The summed E-state index contributed by atoms with van der Waals surface area (Å²) in [4.78, 5) is 30.1. The summed E-state index contributed by atoms with van der Waals surface area (Å²) in [6.07, 6.45) is 0.239. The number of sulfonamides is 1. The van der Waals surface area contributed by atoms with Crippen molar-refractivity contribution in [2.24, 2.45) is 0 Å². The SMILES string of the molecule is COc1cccc(CN(C(=O)CN(c2cccc(C)c2C)S(=O)(=O)c2ccc(C)cc2)[C@@H](Cc2ccccc2)C(=O)NC(C)C)c1. The van der Waals surface area contributed by atoms with E-state index in [0.29, 0.717) is 11.4 Å². The lowest BCUT2D eigenvalue weighted by molar-refractivity contribution is -0.140. The van der Waals surface area contributed by atoms with Crippen molar-refractivity contribution in [3.8, 4) is 5.75 Å². The Morgan fingerprint density at radius 3 is 2.13 bits per heavy atom. The first-order valence-electron chi connectivity index (χ1n) is 15.3. The molecule has 0 saturated heterocycles. The van der Waals surface area contributed by atoms with E-state index in [-0.39, 0.29) is 29.8 Å². The molecule has 2 amide bonds. The number of benzene rings is 4. The van der Waals surface area contributed by atoms with Crippen LogP contribution in [0.4, 0.5) is 5.69 Å². The summed E-state index contributed by atoms with van der Waals surface area (Å²) in [6, 6.07) is 27.6. The van der Waals surface area contributed by atoms with Crippen LogP contribution in [-0.2, 0) is 32.6 Å². The van der Waals surface area contributed by atoms with Crippen LogP contribution in [0.25, 0.3) is 0 Å². The van der Waals surface area contributed by atoms with E-state index in [0.717, 1.165) is 27.8 Å². The van der Waals surface area contributed by atoms with Gasteiger partial charge in [0.25, 0.3) is 10.0 Å². The first-order chi connectivity index (χ1) is 21.9. The minimum absolute atomic E-state index is 0.0598. The lowest BCUT2D eigenvalue weighted by atomic mass is 10.0. The molecule has 4 rings (SSSR count). The summed E-state index contributed by atoms with van der Waals surface area (Å²) in [5.74, 6) is -0.232. The lowest BCUT2D eigenvalue weighted by Crippen LogP contribution is -2.54. The van der Waals surface area contributed by atoms with E-state index in [4.69, 9.17) is 4.74 Å². The van der Waals surface area contributed by atoms with Gasteiger partial charge in [0.05, 0.1) is 17.7 Å². The minimum atomic E-state index is -4.18. The Morgan fingerprint density at radius 1 is 0.826 bits per heavy atom. The molecule has 4 aromatic rings. The number of carbonyl (C=O) groups is 2. The largest absolute Gasteiger partial charge is 0.497 e. The highest BCUT2D eigenvalue weighted by molar-refractivity contribution is 7.92. The second-order valence-corrected chi connectivity index (χ2v) is 13.6. The molecule has 0 radical (unpaired) electrons. The quantitative estimate of drug-likeness (QED) is 0.194. The van der Waals surface area contributed by atoms with Crippen LogP contribution >= 0.6 is 0 Å². The maximum absolute atomic E-state index is 14.6. The summed E-state index contributed by atoms with van der Waals surface area (Å²) in [5, 5.41) is 2.98. The number of nitrogens with zero attached hydrogens (tertiary/aromatic N) is 2. The third kappa shape index (κ3) is 8.34. The molecule has 0 spiro atoms. The molecule has 4 aromatic carbocycles. The molecule has 0 aliphatic rings. The van der Waals surface area contributed by atoms with Crippen molar-refractivity contribution in [2.75, 3.05) is 18.0 Å². The molecular weight excluding hydrogens is 598 g/mol. The number of carbonyl (C=O) groups excluding carboxylic acids is 2. The zero-order valence-electron chi connectivity index (χ0n) is 27.4. The van der Waals surface area contributed by atoms with Crippen molar-refractivity contribution in [1.29, 1.82) is 0 Å². The van der Waals surface area contributed by atoms with Gasteiger partial charge in [-0.25, -0.2) is 8.42 Å². The standard InChI is InChI=1S/C37H43N3O5S/c1-26(2)38-37(42)35(23-30-13-8-7-9-14-30)39(24-31-15-11-16-32(22-31)45-6)36(41)25-40(34-17-10-12-28(4)29(34)5)46(43,44)33-20-18-27(3)19-21-33/h7-22,26,35H,23-25H2,1-6H3,(H,38,42)/t35-/m0/s1. The topological polar surface area (TPSA) is 96.0 Å². The molecule has 8 nitrogen and oxygen atoms in total. The van der Waals surface area contributed by atoms with Crippen molar-refractivity contribution in [3.05, 3.63) is 125 Å². The van der Waals surface area contributed by atoms with Crippen LogP contribution in [-0.4, -0.2) is 50.9 Å². The summed E-state index contributed by atoms with van der Waals surface area (Å²) in [5.41, 5.74) is 4.56. The van der Waals surface area contributed by atoms with Crippen molar-refractivity contribution < 1.29 is 22.7 Å². The van der Waals surface area contributed by atoms with E-state index in [1.54, 1.807) is 49.6 Å². The van der Waals surface area contributed by atoms with E-state index in [9.17, 15) is 18.0 Å². The van der Waals surface area contributed by atoms with E-state index in [2.05, 4.69) is 5.32 Å². The fraction of sp³-hybridized carbons (Fsp3) is 0.297. The van der Waals surface area contributed by atoms with Crippen molar-refractivity contribution in [2.45, 2.75) is 64.6 Å². The van der Waals surface area contributed by atoms with E-state index >= 15 is 0 Å². The zero-order chi connectivity index (χ0) is 33.4. The molecule has 1 atom stereocenters. The molecule has 0 heterocycles. The highest BCUT2D eigenvalue weighted by atomic mass is 32.2. The van der Waals surface area contributed by atoms with Crippen LogP contribution in [0, 0.1) is 20.8 Å². The van der Waals surface area contributed by atoms with Gasteiger partial charge in [0.15, 0.2) is 0 Å². The normalized spacial score (nSPS) is 12.0. The number of anilines is 1. The zero-order valence-corrected chi connectivity index (χ0v) is 28.2. The first kappa shape index (κ1) is 34.2. The molecule has 9 heteroatoms. The Morgan fingerprint density at radius 2 is 1.48 bits per heavy atom. The van der Waals surface area contributed by atoms with Crippen molar-refractivity contribution in [1.82, 2.24) is 10.2 Å². The third-order valence-corrected chi connectivity index (χ3v) is 9.70. The minimum Gasteiger partial charge on any atom is -0.497 e. The Bertz CT molecular complexity index is 1760. The fourth-order valence-corrected chi connectivity index (χ4v) is 6.73. The Kier molecular flexibility index (Phi) is 11.2. The van der Waals surface area contributed by atoms with Crippen molar-refractivity contribution in [3.63, 3.8) is 0 Å². The predicted molar refractivity (Wildman–Crippen MR) is 182 cm³/mol. The number of hydrogen-bond acceptors (Lipinski definition) is 5. The Labute approximate surface area is 273 Å². The van der Waals surface area contributed by atoms with Crippen LogP contribution in [0.2, 0.25) is 0 Å². The van der Waals surface area contributed by atoms with Gasteiger partial charge in [-0.05, 0) is 87.2 Å². The second kappa shape index (κ2) is 15.1. The maximum atomic E-state index is 14.6. The molecular formula is C37H43N3O5S. The molecule has 0 aliphatic heterocycles. The summed E-state index contributed by atoms with van der Waals surface area (Å²) in [6.45, 7) is 8.90. The summed E-state index contributed by atoms with van der Waals surface area (Å²) >= 11 is 0. The fourth-order valence-electron chi connectivity index (χ4n) is 5.26. The number of nitrogens with one attached hydrogen (secondary N) is 1. The number of amides is 2. The monoisotopic (exact) mass is 641 g/mol. The average molecular weight is 642 g/mol. The molecule has 0 aromatic heterocycles. The number of methoxy groups -OCH3 is 1. The van der Waals surface area contributed by atoms with Crippen LogP contribution in [0.1, 0.15) is 41.7 Å². The van der Waals surface area contributed by atoms with Gasteiger partial charge in [-0.2, -0.15) is 0 Å². The molecule has 0 saturated carbocycles. The number of hydrogen-bond donors (Lipinski definition) is 1. The Hall–Kier alpha value is -4.63. The van der Waals surface area contributed by atoms with E-state index < -0.39 is 28.5 Å². The maximum Gasteiger partial charge on any atom is 0.264 e. The van der Waals surface area contributed by atoms with E-state index in [1.165, 1.54) is 9.21 Å². The molecule has 0 bridgehead atoms. The highest BCUT2D eigenvalue weighted by Gasteiger charge is 2.35. The second-order valence-electron chi connectivity index (χ2n) is 11.8. The smallest absolute Gasteiger partial charge is 0.264 e. The van der Waals surface area contributed by atoms with Gasteiger partial charge in [0.2, 0.25) is 11.8 Å². The Balaban J connectivity index is 1.85. The molecule has 46 heavy (non-hydrogen) atoms. The van der Waals surface area contributed by atoms with Gasteiger partial charge < -0.3 is 15.0 Å². The molecule has 0 unspecified atom stereocenters. The van der Waals surface area contributed by atoms with Crippen LogP contribution in [0.5, 0.6) is 5.75 Å². The van der Waals surface area contributed by atoms with Gasteiger partial charge in [0, 0.05) is 19.0 Å². The van der Waals surface area contributed by atoms with Gasteiger partial charge in [-0.15, -0.1) is 0 Å². The predicted octanol–water partition coefficient (Wildman–Crippen LogP) is 5.98. The van der Waals surface area contributed by atoms with Gasteiger partial charge in [-0.3, -0.25) is 13.9 Å². The van der Waals surface area contributed by atoms with Gasteiger partial charge >= 0.3 is 0 Å². The first-order valence-corrected chi connectivity index (χ1v) is 16.8. The molecule has 1 N–H and O–H groups in total. The lowest BCUT2D eigenvalue weighted by Gasteiger charge is -2.34. The van der Waals surface area contributed by atoms with Gasteiger partial charge in [-0.1, -0.05) is 72.3 Å². The number of aryl methyl sites for hydroxylation is 2.